The van der Waals surface area contributed by atoms with Crippen LogP contribution < -0.4 is 10.1 Å². The number of carbonyl (C=O) groups is 2. The van der Waals surface area contributed by atoms with Crippen LogP contribution in [0.15, 0.2) is 18.2 Å². The van der Waals surface area contributed by atoms with Gasteiger partial charge in [0.1, 0.15) is 5.75 Å². The van der Waals surface area contributed by atoms with Crippen LogP contribution >= 0.6 is 11.6 Å². The van der Waals surface area contributed by atoms with E-state index in [1.807, 2.05) is 0 Å². The number of rotatable bonds is 5. The average Bonchev–Trinajstić information content (AvgIpc) is 2.52. The standard InChI is InChI=1S/C15H18ClNO5/c1-21-12-5-4-9(7-11(12)16)13(15(19)20)17-14(18)10-3-2-6-22-8-10/h4-5,7,10,13H,2-3,6,8H2,1H3,(H,17,18)(H,19,20)/t10-,13+/m0/s1. The summed E-state index contributed by atoms with van der Waals surface area (Å²) in [6.07, 6.45) is 1.49. The molecule has 0 bridgehead atoms. The zero-order valence-electron chi connectivity index (χ0n) is 12.2. The van der Waals surface area contributed by atoms with Gasteiger partial charge in [0.25, 0.3) is 0 Å². The summed E-state index contributed by atoms with van der Waals surface area (Å²) in [4.78, 5) is 23.6. The Morgan fingerprint density at radius 1 is 1.50 bits per heavy atom. The van der Waals surface area contributed by atoms with Crippen molar-refractivity contribution < 1.29 is 24.2 Å². The monoisotopic (exact) mass is 327 g/mol. The lowest BCUT2D eigenvalue weighted by Gasteiger charge is -2.23. The number of aliphatic carboxylic acids is 1. The van der Waals surface area contributed by atoms with Gasteiger partial charge in [0.15, 0.2) is 6.04 Å². The van der Waals surface area contributed by atoms with Crippen molar-refractivity contribution in [1.29, 1.82) is 0 Å². The van der Waals surface area contributed by atoms with E-state index in [-0.39, 0.29) is 11.8 Å². The van der Waals surface area contributed by atoms with Gasteiger partial charge in [-0.3, -0.25) is 4.79 Å². The zero-order valence-corrected chi connectivity index (χ0v) is 12.9. The fraction of sp³-hybridized carbons (Fsp3) is 0.467. The van der Waals surface area contributed by atoms with E-state index in [0.29, 0.717) is 36.0 Å². The Labute approximate surface area is 133 Å². The van der Waals surface area contributed by atoms with Crippen molar-refractivity contribution in [3.8, 4) is 5.75 Å². The molecular formula is C15H18ClNO5. The van der Waals surface area contributed by atoms with E-state index in [1.165, 1.54) is 13.2 Å². The Hall–Kier alpha value is -1.79. The van der Waals surface area contributed by atoms with Gasteiger partial charge in [-0.2, -0.15) is 0 Å². The second kappa shape index (κ2) is 7.47. The van der Waals surface area contributed by atoms with Crippen molar-refractivity contribution in [1.82, 2.24) is 5.32 Å². The van der Waals surface area contributed by atoms with Gasteiger partial charge in [-0.1, -0.05) is 17.7 Å². The summed E-state index contributed by atoms with van der Waals surface area (Å²) in [6.45, 7) is 0.960. The van der Waals surface area contributed by atoms with Gasteiger partial charge in [-0.15, -0.1) is 0 Å². The fourth-order valence-corrected chi connectivity index (χ4v) is 2.62. The highest BCUT2D eigenvalue weighted by Gasteiger charge is 2.28. The van der Waals surface area contributed by atoms with Crippen LogP contribution in [0.4, 0.5) is 0 Å². The first kappa shape index (κ1) is 16.6. The molecular weight excluding hydrogens is 310 g/mol. The molecule has 0 aliphatic carbocycles. The Morgan fingerprint density at radius 3 is 2.82 bits per heavy atom. The van der Waals surface area contributed by atoms with Crippen LogP contribution in [0.2, 0.25) is 5.02 Å². The molecule has 0 aromatic heterocycles. The summed E-state index contributed by atoms with van der Waals surface area (Å²) in [5, 5.41) is 12.2. The molecule has 0 saturated carbocycles. The third-order valence-corrected chi connectivity index (χ3v) is 3.87. The van der Waals surface area contributed by atoms with Crippen LogP contribution in [0.3, 0.4) is 0 Å². The Bertz CT molecular complexity index is 557. The largest absolute Gasteiger partial charge is 0.495 e. The van der Waals surface area contributed by atoms with Gasteiger partial charge in [-0.25, -0.2) is 4.79 Å². The topological polar surface area (TPSA) is 84.9 Å². The molecule has 1 aliphatic heterocycles. The minimum Gasteiger partial charge on any atom is -0.495 e. The Balaban J connectivity index is 2.14. The Kier molecular flexibility index (Phi) is 5.63. The summed E-state index contributed by atoms with van der Waals surface area (Å²) in [5.41, 5.74) is 0.392. The minimum atomic E-state index is -1.15. The number of hydrogen-bond acceptors (Lipinski definition) is 4. The number of benzene rings is 1. The molecule has 0 spiro atoms. The fourth-order valence-electron chi connectivity index (χ4n) is 2.36. The predicted molar refractivity (Wildman–Crippen MR) is 80.1 cm³/mol. The molecule has 1 saturated heterocycles. The minimum absolute atomic E-state index is 0.293. The highest BCUT2D eigenvalue weighted by Crippen LogP contribution is 2.28. The van der Waals surface area contributed by atoms with E-state index >= 15 is 0 Å². The quantitative estimate of drug-likeness (QED) is 0.864. The summed E-state index contributed by atoms with van der Waals surface area (Å²) < 4.78 is 10.3. The van der Waals surface area contributed by atoms with Gasteiger partial charge < -0.3 is 19.9 Å². The molecule has 1 aliphatic rings. The molecule has 1 amide bonds. The van der Waals surface area contributed by atoms with E-state index < -0.39 is 12.0 Å². The van der Waals surface area contributed by atoms with E-state index in [9.17, 15) is 14.7 Å². The number of carbonyl (C=O) groups excluding carboxylic acids is 1. The van der Waals surface area contributed by atoms with Crippen LogP contribution in [0.5, 0.6) is 5.75 Å². The highest BCUT2D eigenvalue weighted by atomic mass is 35.5. The molecule has 1 fully saturated rings. The third-order valence-electron chi connectivity index (χ3n) is 3.57. The first-order valence-corrected chi connectivity index (χ1v) is 7.35. The summed E-state index contributed by atoms with van der Waals surface area (Å²) in [5.74, 6) is -1.34. The molecule has 1 heterocycles. The maximum absolute atomic E-state index is 12.2. The van der Waals surface area contributed by atoms with Crippen molar-refractivity contribution in [2.75, 3.05) is 20.3 Å². The lowest BCUT2D eigenvalue weighted by Crippen LogP contribution is -2.40. The lowest BCUT2D eigenvalue weighted by atomic mass is 9.99. The number of ether oxygens (including phenoxy) is 2. The van der Waals surface area contributed by atoms with E-state index in [1.54, 1.807) is 12.1 Å². The normalized spacial score (nSPS) is 19.3. The molecule has 1 aromatic carbocycles. The molecule has 2 N–H and O–H groups in total. The number of amides is 1. The van der Waals surface area contributed by atoms with Crippen LogP contribution in [-0.2, 0) is 14.3 Å². The predicted octanol–water partition coefficient (Wildman–Crippen LogP) is 2.02. The van der Waals surface area contributed by atoms with Crippen LogP contribution in [0.1, 0.15) is 24.4 Å². The maximum atomic E-state index is 12.2. The molecule has 2 atom stereocenters. The van der Waals surface area contributed by atoms with Gasteiger partial charge in [0.2, 0.25) is 5.91 Å². The zero-order chi connectivity index (χ0) is 16.1. The molecule has 6 nitrogen and oxygen atoms in total. The first-order valence-electron chi connectivity index (χ1n) is 6.97. The van der Waals surface area contributed by atoms with Crippen LogP contribution in [0, 0.1) is 5.92 Å². The van der Waals surface area contributed by atoms with Crippen LogP contribution in [-0.4, -0.2) is 37.3 Å². The van der Waals surface area contributed by atoms with Gasteiger partial charge >= 0.3 is 5.97 Å². The number of hydrogen-bond donors (Lipinski definition) is 2. The third kappa shape index (κ3) is 3.90. The van der Waals surface area contributed by atoms with Crippen molar-refractivity contribution in [3.05, 3.63) is 28.8 Å². The van der Waals surface area contributed by atoms with E-state index in [0.717, 1.165) is 6.42 Å². The molecule has 120 valence electrons. The lowest BCUT2D eigenvalue weighted by molar-refractivity contribution is -0.143. The van der Waals surface area contributed by atoms with E-state index in [4.69, 9.17) is 21.1 Å². The smallest absolute Gasteiger partial charge is 0.330 e. The van der Waals surface area contributed by atoms with Crippen molar-refractivity contribution in [2.45, 2.75) is 18.9 Å². The van der Waals surface area contributed by atoms with Gasteiger partial charge in [0.05, 0.1) is 24.7 Å². The van der Waals surface area contributed by atoms with Crippen molar-refractivity contribution >= 4 is 23.5 Å². The average molecular weight is 328 g/mol. The maximum Gasteiger partial charge on any atom is 0.330 e. The number of carboxylic acids is 1. The second-order valence-electron chi connectivity index (χ2n) is 5.09. The van der Waals surface area contributed by atoms with Gasteiger partial charge in [-0.05, 0) is 30.5 Å². The summed E-state index contributed by atoms with van der Waals surface area (Å²) in [6, 6.07) is 3.47. The number of carboxylic acid groups (broad SMARTS) is 1. The number of halogens is 1. The number of methoxy groups -OCH3 is 1. The van der Waals surface area contributed by atoms with Crippen LogP contribution in [0.25, 0.3) is 0 Å². The van der Waals surface area contributed by atoms with Gasteiger partial charge in [0, 0.05) is 6.61 Å². The van der Waals surface area contributed by atoms with E-state index in [2.05, 4.69) is 5.32 Å². The number of nitrogens with one attached hydrogen (secondary N) is 1. The first-order chi connectivity index (χ1) is 10.5. The SMILES string of the molecule is COc1ccc([C@@H](NC(=O)[C@H]2CCCOC2)C(=O)O)cc1Cl. The molecule has 0 radical (unpaired) electrons. The Morgan fingerprint density at radius 2 is 2.27 bits per heavy atom. The second-order valence-corrected chi connectivity index (χ2v) is 5.50. The molecule has 7 heteroatoms. The molecule has 1 aromatic rings. The summed E-state index contributed by atoms with van der Waals surface area (Å²) >= 11 is 6.01. The molecule has 2 rings (SSSR count). The van der Waals surface area contributed by atoms with Crippen molar-refractivity contribution in [2.24, 2.45) is 5.92 Å². The van der Waals surface area contributed by atoms with Crippen molar-refractivity contribution in [3.63, 3.8) is 0 Å². The highest BCUT2D eigenvalue weighted by molar-refractivity contribution is 6.32. The molecule has 22 heavy (non-hydrogen) atoms. The summed E-state index contributed by atoms with van der Waals surface area (Å²) in [7, 11) is 1.47. The molecule has 0 unspecified atom stereocenters.